The van der Waals surface area contributed by atoms with Crippen LogP contribution in [0.2, 0.25) is 0 Å². The summed E-state index contributed by atoms with van der Waals surface area (Å²) in [4.78, 5) is 12.3. The number of carbonyl (C=O) groups excluding carboxylic acids is 1. The quantitative estimate of drug-likeness (QED) is 0.501. The molecule has 0 radical (unpaired) electrons. The molecule has 1 aliphatic heterocycles. The standard InChI is InChI=1S/C23H24FN3O5S/c1-15-7-9-17(10-8-15)22-26-25-21(32-22)16(2)31-23(28)18-11-13-27(14-12-18)33(29,30)20-6-4-3-5-19(20)24/h3-10,16,18H,11-14H2,1-2H3. The second-order valence-corrected chi connectivity index (χ2v) is 9.91. The van der Waals surface area contributed by atoms with Gasteiger partial charge in [-0.25, -0.2) is 12.8 Å². The van der Waals surface area contributed by atoms with Crippen LogP contribution in [0.3, 0.4) is 0 Å². The first kappa shape index (κ1) is 23.1. The van der Waals surface area contributed by atoms with Gasteiger partial charge in [0.25, 0.3) is 5.89 Å². The molecule has 4 rings (SSSR count). The molecule has 0 aliphatic carbocycles. The fourth-order valence-electron chi connectivity index (χ4n) is 3.66. The van der Waals surface area contributed by atoms with Crippen LogP contribution in [0.4, 0.5) is 4.39 Å². The van der Waals surface area contributed by atoms with Gasteiger partial charge in [0, 0.05) is 18.7 Å². The normalized spacial score (nSPS) is 16.5. The SMILES string of the molecule is Cc1ccc(-c2nnc(C(C)OC(=O)C3CCN(S(=O)(=O)c4ccccc4F)CC3)o2)cc1. The van der Waals surface area contributed by atoms with Crippen molar-refractivity contribution in [3.05, 3.63) is 65.8 Å². The lowest BCUT2D eigenvalue weighted by Crippen LogP contribution is -2.41. The third kappa shape index (κ3) is 4.96. The van der Waals surface area contributed by atoms with E-state index in [0.717, 1.165) is 17.2 Å². The van der Waals surface area contributed by atoms with E-state index in [4.69, 9.17) is 9.15 Å². The summed E-state index contributed by atoms with van der Waals surface area (Å²) in [5.74, 6) is -1.21. The Morgan fingerprint density at radius 3 is 2.45 bits per heavy atom. The van der Waals surface area contributed by atoms with Gasteiger partial charge in [0.2, 0.25) is 15.9 Å². The summed E-state index contributed by atoms with van der Waals surface area (Å²) < 4.78 is 51.8. The minimum atomic E-state index is -3.96. The summed E-state index contributed by atoms with van der Waals surface area (Å²) in [6.07, 6.45) is -0.195. The van der Waals surface area contributed by atoms with Gasteiger partial charge in [-0.05, 0) is 51.0 Å². The number of hydrogen-bond acceptors (Lipinski definition) is 7. The Labute approximate surface area is 191 Å². The van der Waals surface area contributed by atoms with Gasteiger partial charge in [-0.15, -0.1) is 10.2 Å². The number of piperidine rings is 1. The van der Waals surface area contributed by atoms with Crippen molar-refractivity contribution in [1.82, 2.24) is 14.5 Å². The number of benzene rings is 2. The summed E-state index contributed by atoms with van der Waals surface area (Å²) in [6.45, 7) is 3.82. The Balaban J connectivity index is 1.35. The Kier molecular flexibility index (Phi) is 6.57. The van der Waals surface area contributed by atoms with Crippen LogP contribution in [-0.4, -0.2) is 42.0 Å². The molecule has 10 heteroatoms. The number of ether oxygens (including phenoxy) is 1. The molecule has 2 aromatic carbocycles. The first-order chi connectivity index (χ1) is 15.8. The van der Waals surface area contributed by atoms with Gasteiger partial charge in [-0.3, -0.25) is 4.79 Å². The van der Waals surface area contributed by atoms with E-state index in [2.05, 4.69) is 10.2 Å². The molecule has 0 saturated carbocycles. The molecule has 0 amide bonds. The zero-order valence-electron chi connectivity index (χ0n) is 18.3. The van der Waals surface area contributed by atoms with Crippen LogP contribution in [0.25, 0.3) is 11.5 Å². The summed E-state index contributed by atoms with van der Waals surface area (Å²) >= 11 is 0. The fraction of sp³-hybridized carbons (Fsp3) is 0.348. The van der Waals surface area contributed by atoms with Gasteiger partial charge in [0.1, 0.15) is 10.7 Å². The van der Waals surface area contributed by atoms with E-state index in [1.165, 1.54) is 22.5 Å². The third-order valence-electron chi connectivity index (χ3n) is 5.62. The van der Waals surface area contributed by atoms with Gasteiger partial charge < -0.3 is 9.15 Å². The zero-order valence-corrected chi connectivity index (χ0v) is 19.1. The van der Waals surface area contributed by atoms with E-state index in [1.54, 1.807) is 6.92 Å². The highest BCUT2D eigenvalue weighted by Crippen LogP contribution is 2.28. The van der Waals surface area contributed by atoms with E-state index in [0.29, 0.717) is 5.89 Å². The van der Waals surface area contributed by atoms with Crippen molar-refractivity contribution in [3.63, 3.8) is 0 Å². The summed E-state index contributed by atoms with van der Waals surface area (Å²) in [5.41, 5.74) is 1.87. The molecule has 33 heavy (non-hydrogen) atoms. The second-order valence-electron chi connectivity index (χ2n) is 8.00. The molecule has 2 heterocycles. The first-order valence-electron chi connectivity index (χ1n) is 10.6. The zero-order chi connectivity index (χ0) is 23.6. The number of nitrogens with zero attached hydrogens (tertiary/aromatic N) is 3. The number of esters is 1. The molecular weight excluding hydrogens is 449 g/mol. The predicted molar refractivity (Wildman–Crippen MR) is 117 cm³/mol. The number of halogens is 1. The molecule has 1 saturated heterocycles. The maximum atomic E-state index is 14.0. The van der Waals surface area contributed by atoms with Crippen LogP contribution >= 0.6 is 0 Å². The molecule has 0 N–H and O–H groups in total. The summed E-state index contributed by atoms with van der Waals surface area (Å²) in [6, 6.07) is 12.9. The number of aromatic nitrogens is 2. The number of rotatable bonds is 6. The van der Waals surface area contributed by atoms with Crippen LogP contribution in [0.5, 0.6) is 0 Å². The van der Waals surface area contributed by atoms with Gasteiger partial charge in [-0.1, -0.05) is 29.8 Å². The van der Waals surface area contributed by atoms with Crippen LogP contribution in [0, 0.1) is 18.7 Å². The third-order valence-corrected chi connectivity index (χ3v) is 7.55. The van der Waals surface area contributed by atoms with Crippen LogP contribution in [0.15, 0.2) is 57.8 Å². The van der Waals surface area contributed by atoms with Crippen molar-refractivity contribution in [2.75, 3.05) is 13.1 Å². The van der Waals surface area contributed by atoms with E-state index in [9.17, 15) is 17.6 Å². The molecule has 3 aromatic rings. The predicted octanol–water partition coefficient (Wildman–Crippen LogP) is 3.89. The summed E-state index contributed by atoms with van der Waals surface area (Å²) in [5, 5.41) is 8.00. The topological polar surface area (TPSA) is 103 Å². The minimum absolute atomic E-state index is 0.100. The minimum Gasteiger partial charge on any atom is -0.452 e. The molecule has 1 aliphatic rings. The molecule has 8 nitrogen and oxygen atoms in total. The molecular formula is C23H24FN3O5S. The van der Waals surface area contributed by atoms with Crippen LogP contribution in [0.1, 0.15) is 37.3 Å². The molecule has 1 unspecified atom stereocenters. The maximum absolute atomic E-state index is 14.0. The number of hydrogen-bond donors (Lipinski definition) is 0. The van der Waals surface area contributed by atoms with E-state index >= 15 is 0 Å². The highest BCUT2D eigenvalue weighted by molar-refractivity contribution is 7.89. The van der Waals surface area contributed by atoms with Gasteiger partial charge >= 0.3 is 5.97 Å². The average molecular weight is 474 g/mol. The highest BCUT2D eigenvalue weighted by Gasteiger charge is 2.35. The first-order valence-corrected chi connectivity index (χ1v) is 12.1. The van der Waals surface area contributed by atoms with Crippen molar-refractivity contribution < 1.29 is 26.8 Å². The Morgan fingerprint density at radius 2 is 1.79 bits per heavy atom. The molecule has 0 bridgehead atoms. The van der Waals surface area contributed by atoms with E-state index < -0.39 is 33.8 Å². The molecule has 174 valence electrons. The molecule has 1 fully saturated rings. The van der Waals surface area contributed by atoms with Crippen molar-refractivity contribution in [1.29, 1.82) is 0 Å². The van der Waals surface area contributed by atoms with Crippen LogP contribution < -0.4 is 0 Å². The highest BCUT2D eigenvalue weighted by atomic mass is 32.2. The van der Waals surface area contributed by atoms with Gasteiger partial charge in [0.15, 0.2) is 6.10 Å². The smallest absolute Gasteiger partial charge is 0.309 e. The number of aryl methyl sites for hydroxylation is 1. The Hall–Kier alpha value is -3.11. The largest absolute Gasteiger partial charge is 0.452 e. The number of carbonyl (C=O) groups is 1. The van der Waals surface area contributed by atoms with Crippen molar-refractivity contribution >= 4 is 16.0 Å². The van der Waals surface area contributed by atoms with E-state index in [-0.39, 0.29) is 36.7 Å². The molecule has 0 spiro atoms. The fourth-order valence-corrected chi connectivity index (χ4v) is 5.19. The molecule has 1 atom stereocenters. The maximum Gasteiger partial charge on any atom is 0.309 e. The Bertz CT molecular complexity index is 1230. The van der Waals surface area contributed by atoms with Gasteiger partial charge in [-0.2, -0.15) is 4.31 Å². The molecule has 1 aromatic heterocycles. The van der Waals surface area contributed by atoms with Crippen molar-refractivity contribution in [3.8, 4) is 11.5 Å². The van der Waals surface area contributed by atoms with Crippen molar-refractivity contribution in [2.24, 2.45) is 5.92 Å². The Morgan fingerprint density at radius 1 is 1.12 bits per heavy atom. The van der Waals surface area contributed by atoms with Crippen molar-refractivity contribution in [2.45, 2.75) is 37.7 Å². The lowest BCUT2D eigenvalue weighted by Gasteiger charge is -2.30. The van der Waals surface area contributed by atoms with Crippen LogP contribution in [-0.2, 0) is 19.6 Å². The lowest BCUT2D eigenvalue weighted by atomic mass is 9.98. The lowest BCUT2D eigenvalue weighted by molar-refractivity contribution is -0.156. The van der Waals surface area contributed by atoms with E-state index in [1.807, 2.05) is 31.2 Å². The average Bonchev–Trinajstić information content (AvgIpc) is 3.30. The number of sulfonamides is 1. The summed E-state index contributed by atoms with van der Waals surface area (Å²) in [7, 11) is -3.96. The monoisotopic (exact) mass is 473 g/mol. The second kappa shape index (κ2) is 9.40. The van der Waals surface area contributed by atoms with Gasteiger partial charge in [0.05, 0.1) is 5.92 Å².